The van der Waals surface area contributed by atoms with Crippen LogP contribution in [0.15, 0.2) is 89.8 Å². The predicted molar refractivity (Wildman–Crippen MR) is 147 cm³/mol. The van der Waals surface area contributed by atoms with Gasteiger partial charge in [-0.3, -0.25) is 9.69 Å². The molecule has 7 heteroatoms. The summed E-state index contributed by atoms with van der Waals surface area (Å²) in [6.07, 6.45) is 1.82. The summed E-state index contributed by atoms with van der Waals surface area (Å²) < 4.78 is 6.53. The van der Waals surface area contributed by atoms with Crippen LogP contribution in [0, 0.1) is 0 Å². The molecule has 1 saturated heterocycles. The number of rotatable bonds is 5. The molecule has 1 aliphatic rings. The lowest BCUT2D eigenvalue weighted by Crippen LogP contribution is -2.27. The second-order valence-corrected chi connectivity index (χ2v) is 10.1. The summed E-state index contributed by atoms with van der Waals surface area (Å²) in [7, 11) is 0. The van der Waals surface area contributed by atoms with Gasteiger partial charge in [-0.05, 0) is 58.3 Å². The first kappa shape index (κ1) is 22.9. The van der Waals surface area contributed by atoms with Gasteiger partial charge in [0.2, 0.25) is 0 Å². The van der Waals surface area contributed by atoms with Crippen LogP contribution in [0.2, 0.25) is 10.0 Å². The molecule has 0 aliphatic carbocycles. The number of amides is 1. The highest BCUT2D eigenvalue weighted by Crippen LogP contribution is 2.38. The fourth-order valence-electron chi connectivity index (χ4n) is 3.74. The van der Waals surface area contributed by atoms with Gasteiger partial charge < -0.3 is 4.74 Å². The second kappa shape index (κ2) is 9.80. The Morgan fingerprint density at radius 2 is 1.71 bits per heavy atom. The van der Waals surface area contributed by atoms with E-state index < -0.39 is 0 Å². The van der Waals surface area contributed by atoms with Gasteiger partial charge in [0.1, 0.15) is 12.4 Å². The number of nitrogens with zero attached hydrogens (tertiary/aromatic N) is 1. The molecular weight excluding hydrogens is 505 g/mol. The third-order valence-corrected chi connectivity index (χ3v) is 7.43. The first-order valence-corrected chi connectivity index (χ1v) is 12.4. The number of halogens is 2. The van der Waals surface area contributed by atoms with E-state index >= 15 is 0 Å². The maximum absolute atomic E-state index is 13.1. The number of ether oxygens (including phenoxy) is 1. The molecule has 168 valence electrons. The minimum absolute atomic E-state index is 0.199. The molecule has 0 N–H and O–H groups in total. The van der Waals surface area contributed by atoms with Crippen LogP contribution in [0.5, 0.6) is 5.75 Å². The van der Waals surface area contributed by atoms with Crippen molar-refractivity contribution in [2.24, 2.45) is 0 Å². The number of thioether (sulfide) groups is 1. The molecule has 0 saturated carbocycles. The number of carbonyl (C=O) groups excluding carboxylic acids is 1. The summed E-state index contributed by atoms with van der Waals surface area (Å²) in [6.45, 7) is 0.449. The number of thiocarbonyl (C=S) groups is 1. The molecule has 0 bridgehead atoms. The van der Waals surface area contributed by atoms with Crippen LogP contribution in [-0.4, -0.2) is 10.2 Å². The summed E-state index contributed by atoms with van der Waals surface area (Å²) in [5.74, 6) is 0.525. The van der Waals surface area contributed by atoms with Crippen LogP contribution in [0.4, 0.5) is 5.69 Å². The van der Waals surface area contributed by atoms with Crippen LogP contribution >= 0.6 is 47.2 Å². The summed E-state index contributed by atoms with van der Waals surface area (Å²) in [4.78, 5) is 15.1. The summed E-state index contributed by atoms with van der Waals surface area (Å²) in [5, 5.41) is 3.15. The minimum Gasteiger partial charge on any atom is -0.489 e. The van der Waals surface area contributed by atoms with Crippen molar-refractivity contribution < 1.29 is 9.53 Å². The smallest absolute Gasteiger partial charge is 0.270 e. The number of carbonyl (C=O) groups is 1. The monoisotopic (exact) mass is 521 g/mol. The first-order valence-electron chi connectivity index (χ1n) is 10.4. The fraction of sp³-hybridized carbons (Fsp3) is 0.0370. The topological polar surface area (TPSA) is 29.5 Å². The zero-order valence-corrected chi connectivity index (χ0v) is 20.8. The van der Waals surface area contributed by atoms with E-state index in [-0.39, 0.29) is 5.91 Å². The average molecular weight is 522 g/mol. The summed E-state index contributed by atoms with van der Waals surface area (Å²) in [5.41, 5.74) is 2.56. The van der Waals surface area contributed by atoms with E-state index in [9.17, 15) is 4.79 Å². The molecule has 1 heterocycles. The van der Waals surface area contributed by atoms with Crippen molar-refractivity contribution in [3.05, 3.63) is 111 Å². The minimum atomic E-state index is -0.199. The van der Waals surface area contributed by atoms with E-state index in [4.69, 9.17) is 40.2 Å². The Hall–Kier alpha value is -2.83. The lowest BCUT2D eigenvalue weighted by atomic mass is 10.1. The number of anilines is 1. The quantitative estimate of drug-likeness (QED) is 0.196. The van der Waals surface area contributed by atoms with Crippen molar-refractivity contribution in [1.29, 1.82) is 0 Å². The van der Waals surface area contributed by atoms with Gasteiger partial charge in [-0.1, -0.05) is 102 Å². The molecule has 1 fully saturated rings. The number of hydrogen-bond donors (Lipinski definition) is 0. The molecule has 34 heavy (non-hydrogen) atoms. The standard InChI is InChI=1S/C27H17Cl2NO2S2/c28-23-12-11-20(15-24(23)29)30-26(31)25(34-27(30)33)14-17-5-3-9-21(13-17)32-16-19-8-4-7-18-6-1-2-10-22(18)19/h1-15H,16H2/b25-14-. The normalized spacial score (nSPS) is 14.9. The molecule has 4 aromatic carbocycles. The van der Waals surface area contributed by atoms with Gasteiger partial charge in [-0.2, -0.15) is 0 Å². The summed E-state index contributed by atoms with van der Waals surface area (Å²) >= 11 is 18.8. The molecule has 0 spiro atoms. The van der Waals surface area contributed by atoms with Gasteiger partial charge in [0, 0.05) is 0 Å². The average Bonchev–Trinajstić information content (AvgIpc) is 3.12. The van der Waals surface area contributed by atoms with Gasteiger partial charge in [0.05, 0.1) is 20.6 Å². The van der Waals surface area contributed by atoms with E-state index in [2.05, 4.69) is 24.3 Å². The van der Waals surface area contributed by atoms with Crippen LogP contribution in [0.25, 0.3) is 16.8 Å². The lowest BCUT2D eigenvalue weighted by molar-refractivity contribution is -0.113. The van der Waals surface area contributed by atoms with Crippen molar-refractivity contribution >= 4 is 79.9 Å². The van der Waals surface area contributed by atoms with Crippen LogP contribution < -0.4 is 9.64 Å². The zero-order chi connectivity index (χ0) is 23.7. The Morgan fingerprint density at radius 3 is 2.56 bits per heavy atom. The Morgan fingerprint density at radius 1 is 0.912 bits per heavy atom. The lowest BCUT2D eigenvalue weighted by Gasteiger charge is -2.15. The third-order valence-electron chi connectivity index (χ3n) is 5.39. The van der Waals surface area contributed by atoms with Gasteiger partial charge in [0.15, 0.2) is 4.32 Å². The fourth-order valence-corrected chi connectivity index (χ4v) is 5.33. The molecule has 5 rings (SSSR count). The largest absolute Gasteiger partial charge is 0.489 e. The molecule has 0 unspecified atom stereocenters. The van der Waals surface area contributed by atoms with E-state index in [1.807, 2.05) is 48.5 Å². The Bertz CT molecular complexity index is 1460. The molecule has 4 aromatic rings. The molecule has 0 atom stereocenters. The molecule has 3 nitrogen and oxygen atoms in total. The van der Waals surface area contributed by atoms with Crippen molar-refractivity contribution in [3.8, 4) is 5.75 Å². The number of benzene rings is 4. The van der Waals surface area contributed by atoms with Crippen LogP contribution in [-0.2, 0) is 11.4 Å². The van der Waals surface area contributed by atoms with E-state index in [0.717, 1.165) is 16.9 Å². The van der Waals surface area contributed by atoms with E-state index in [1.165, 1.54) is 27.4 Å². The van der Waals surface area contributed by atoms with Crippen molar-refractivity contribution in [3.63, 3.8) is 0 Å². The van der Waals surface area contributed by atoms with Gasteiger partial charge >= 0.3 is 0 Å². The molecular formula is C27H17Cl2NO2S2. The Balaban J connectivity index is 1.35. The van der Waals surface area contributed by atoms with Crippen LogP contribution in [0.3, 0.4) is 0 Å². The highest BCUT2D eigenvalue weighted by molar-refractivity contribution is 8.27. The van der Waals surface area contributed by atoms with Gasteiger partial charge in [-0.15, -0.1) is 0 Å². The van der Waals surface area contributed by atoms with Crippen molar-refractivity contribution in [1.82, 2.24) is 0 Å². The third kappa shape index (κ3) is 4.70. The number of hydrogen-bond acceptors (Lipinski definition) is 4. The van der Waals surface area contributed by atoms with Crippen LogP contribution in [0.1, 0.15) is 11.1 Å². The Labute approximate surface area is 216 Å². The maximum atomic E-state index is 13.1. The molecule has 0 aromatic heterocycles. The maximum Gasteiger partial charge on any atom is 0.270 e. The second-order valence-electron chi connectivity index (χ2n) is 7.61. The highest BCUT2D eigenvalue weighted by atomic mass is 35.5. The predicted octanol–water partition coefficient (Wildman–Crippen LogP) is 8.13. The zero-order valence-electron chi connectivity index (χ0n) is 17.7. The molecule has 1 aliphatic heterocycles. The Kier molecular flexibility index (Phi) is 6.61. The SMILES string of the molecule is O=C1/C(=C/c2cccc(OCc3cccc4ccccc34)c2)SC(=S)N1c1ccc(Cl)c(Cl)c1. The highest BCUT2D eigenvalue weighted by Gasteiger charge is 2.33. The summed E-state index contributed by atoms with van der Waals surface area (Å²) in [6, 6.07) is 27.1. The van der Waals surface area contributed by atoms with E-state index in [0.29, 0.717) is 31.6 Å². The molecule has 0 radical (unpaired) electrons. The van der Waals surface area contributed by atoms with Crippen molar-refractivity contribution in [2.45, 2.75) is 6.61 Å². The number of fused-ring (bicyclic) bond motifs is 1. The van der Waals surface area contributed by atoms with Crippen molar-refractivity contribution in [2.75, 3.05) is 4.90 Å². The first-order chi connectivity index (χ1) is 16.5. The molecule has 1 amide bonds. The van der Waals surface area contributed by atoms with E-state index in [1.54, 1.807) is 18.2 Å². The van der Waals surface area contributed by atoms with Gasteiger partial charge in [-0.25, -0.2) is 0 Å². The van der Waals surface area contributed by atoms with Gasteiger partial charge in [0.25, 0.3) is 5.91 Å².